The van der Waals surface area contributed by atoms with Crippen molar-refractivity contribution in [2.75, 3.05) is 31.9 Å². The number of fused-ring (bicyclic) bond motifs is 2. The Balaban J connectivity index is 0.772. The van der Waals surface area contributed by atoms with Gasteiger partial charge >= 0.3 is 0 Å². The lowest BCUT2D eigenvalue weighted by Gasteiger charge is -2.13. The van der Waals surface area contributed by atoms with Crippen LogP contribution in [0.4, 0.5) is 34.1 Å². The molecule has 0 aliphatic heterocycles. The molecule has 0 bridgehead atoms. The SMILES string of the molecule is C#Cc1cccc(NC(=O)c2cc(NC(=O)c3ccc(-c4nc5cc6oc(-c7ccc(C(=O)Nc8cc(C(=O)Nc9cccc(C#C)c9)cc(C(=O)Nc9cccc(C#C)c9)c8)cc7)nc6cc5o4)cc3)cc(C(=O)Nc3cccc(C#C)c3)c2)c1. The summed E-state index contributed by atoms with van der Waals surface area (Å²) in [6.45, 7) is 0. The lowest BCUT2D eigenvalue weighted by Crippen LogP contribution is -2.18. The molecule has 2 aromatic heterocycles. The maximum Gasteiger partial charge on any atom is 0.255 e. The van der Waals surface area contributed by atoms with Gasteiger partial charge in [-0.1, -0.05) is 47.9 Å². The fraction of sp³-hybridized carbons (Fsp3) is 0. The van der Waals surface area contributed by atoms with E-state index in [1.54, 1.807) is 158 Å². The number of benzene rings is 9. The molecule has 11 aromatic rings. The number of anilines is 6. The number of nitrogens with one attached hydrogen (secondary N) is 6. The monoisotopic (exact) mass is 1120 g/mol. The van der Waals surface area contributed by atoms with Crippen LogP contribution in [0.1, 0.15) is 84.4 Å². The lowest BCUT2D eigenvalue weighted by molar-refractivity contribution is 0.101. The predicted octanol–water partition coefficient (Wildman–Crippen LogP) is 12.7. The number of amides is 6. The highest BCUT2D eigenvalue weighted by Gasteiger charge is 2.21. The largest absolute Gasteiger partial charge is 0.436 e. The third-order valence-electron chi connectivity index (χ3n) is 13.3. The summed E-state index contributed by atoms with van der Waals surface area (Å²) in [7, 11) is 0. The molecule has 0 unspecified atom stereocenters. The highest BCUT2D eigenvalue weighted by molar-refractivity contribution is 6.13. The number of aromatic nitrogens is 2. The van der Waals surface area contributed by atoms with Crippen molar-refractivity contribution in [3.05, 3.63) is 250 Å². The zero-order valence-corrected chi connectivity index (χ0v) is 44.9. The number of carbonyl (C=O) groups is 6. The molecule has 0 radical (unpaired) electrons. The molecular formula is C70H42N8O8. The Bertz CT molecular complexity index is 4250. The Hall–Kier alpha value is -13.0. The van der Waals surface area contributed by atoms with E-state index < -0.39 is 35.4 Å². The van der Waals surface area contributed by atoms with Crippen LogP contribution in [-0.2, 0) is 0 Å². The van der Waals surface area contributed by atoms with Crippen LogP contribution in [-0.4, -0.2) is 45.4 Å². The van der Waals surface area contributed by atoms with E-state index in [1.807, 2.05) is 0 Å². The van der Waals surface area contributed by atoms with Gasteiger partial charge in [-0.2, -0.15) is 0 Å². The minimum absolute atomic E-state index is 0.0816. The summed E-state index contributed by atoms with van der Waals surface area (Å²) in [6, 6.07) is 51.9. The first kappa shape index (κ1) is 54.9. The summed E-state index contributed by atoms with van der Waals surface area (Å²) in [4.78, 5) is 91.3. The standard InChI is InChI=1S/C70H42N8O8/c1-5-41-13-9-17-53(29-41)71-65(81)49-33-50(66(82)72-54-18-10-14-42(6-2)30-54)36-57(35-49)75-63(79)45-21-25-47(26-22-45)69-77-59-39-62-60(40-61(59)85-69)78-70(86-62)48-27-23-46(24-28-48)64(80)76-58-37-51(67(83)73-55-19-11-15-43(7-3)31-55)34-52(38-58)68(84)74-56-20-12-16-44(8-4)32-56/h1-4,9-40H,(H,71,81)(H,72,82)(H,73,83)(H,74,84)(H,75,79)(H,76,80). The van der Waals surface area contributed by atoms with E-state index in [4.69, 9.17) is 34.5 Å². The summed E-state index contributed by atoms with van der Waals surface area (Å²) >= 11 is 0. The number of nitrogens with zero attached hydrogens (tertiary/aromatic N) is 2. The average molecular weight is 1120 g/mol. The molecule has 16 nitrogen and oxygen atoms in total. The second-order valence-electron chi connectivity index (χ2n) is 19.2. The molecule has 0 saturated heterocycles. The Labute approximate surface area is 491 Å². The quantitative estimate of drug-likeness (QED) is 0.0565. The molecule has 11 rings (SSSR count). The molecule has 2 heterocycles. The lowest BCUT2D eigenvalue weighted by atomic mass is 10.1. The molecule has 6 N–H and O–H groups in total. The highest BCUT2D eigenvalue weighted by atomic mass is 16.4. The molecule has 0 atom stereocenters. The van der Waals surface area contributed by atoms with Crippen molar-refractivity contribution in [3.63, 3.8) is 0 Å². The van der Waals surface area contributed by atoms with Crippen LogP contribution in [0.2, 0.25) is 0 Å². The van der Waals surface area contributed by atoms with Gasteiger partial charge in [0.05, 0.1) is 0 Å². The number of oxazole rings is 2. The van der Waals surface area contributed by atoms with Gasteiger partial charge in [0.1, 0.15) is 11.0 Å². The molecule has 6 amide bonds. The molecule has 0 fully saturated rings. The van der Waals surface area contributed by atoms with Crippen LogP contribution in [0.25, 0.3) is 45.1 Å². The van der Waals surface area contributed by atoms with Gasteiger partial charge in [-0.25, -0.2) is 9.97 Å². The Morgan fingerprint density at radius 2 is 0.570 bits per heavy atom. The summed E-state index contributed by atoms with van der Waals surface area (Å²) in [5.41, 5.74) is 8.01. The van der Waals surface area contributed by atoms with Crippen molar-refractivity contribution in [1.82, 2.24) is 9.97 Å². The Morgan fingerprint density at radius 3 is 0.849 bits per heavy atom. The fourth-order valence-electron chi connectivity index (χ4n) is 9.02. The van der Waals surface area contributed by atoms with Crippen molar-refractivity contribution >= 4 is 91.8 Å². The van der Waals surface area contributed by atoms with Gasteiger partial charge < -0.3 is 40.7 Å². The van der Waals surface area contributed by atoms with E-state index in [1.165, 1.54) is 36.4 Å². The third kappa shape index (κ3) is 12.5. The molecule has 86 heavy (non-hydrogen) atoms. The first-order valence-corrected chi connectivity index (χ1v) is 26.1. The zero-order chi connectivity index (χ0) is 59.8. The number of hydrogen-bond donors (Lipinski definition) is 6. The average Bonchev–Trinajstić information content (AvgIpc) is 2.96. The molecule has 16 heteroatoms. The molecule has 410 valence electrons. The van der Waals surface area contributed by atoms with E-state index in [9.17, 15) is 28.8 Å². The van der Waals surface area contributed by atoms with Crippen LogP contribution >= 0.6 is 0 Å². The maximum atomic E-state index is 13.8. The fourth-order valence-corrected chi connectivity index (χ4v) is 9.02. The zero-order valence-electron chi connectivity index (χ0n) is 44.9. The molecule has 0 spiro atoms. The van der Waals surface area contributed by atoms with Crippen LogP contribution in [0, 0.1) is 49.4 Å². The summed E-state index contributed by atoms with van der Waals surface area (Å²) in [5, 5.41) is 16.8. The molecule has 9 aromatic carbocycles. The second kappa shape index (κ2) is 24.0. The van der Waals surface area contributed by atoms with E-state index in [2.05, 4.69) is 65.6 Å². The summed E-state index contributed by atoms with van der Waals surface area (Å²) in [6.07, 6.45) is 22.3. The van der Waals surface area contributed by atoms with Crippen molar-refractivity contribution < 1.29 is 37.6 Å². The van der Waals surface area contributed by atoms with Crippen LogP contribution < -0.4 is 31.9 Å². The van der Waals surface area contributed by atoms with Crippen LogP contribution in [0.3, 0.4) is 0 Å². The van der Waals surface area contributed by atoms with Gasteiger partial charge in [-0.3, -0.25) is 28.8 Å². The second-order valence-corrected chi connectivity index (χ2v) is 19.2. The van der Waals surface area contributed by atoms with Gasteiger partial charge in [0.2, 0.25) is 11.8 Å². The number of hydrogen-bond acceptors (Lipinski definition) is 10. The van der Waals surface area contributed by atoms with E-state index >= 15 is 0 Å². The third-order valence-corrected chi connectivity index (χ3v) is 13.3. The topological polar surface area (TPSA) is 227 Å². The summed E-state index contributed by atoms with van der Waals surface area (Å²) < 4.78 is 12.3. The van der Waals surface area contributed by atoms with Crippen molar-refractivity contribution in [2.45, 2.75) is 0 Å². The van der Waals surface area contributed by atoms with Gasteiger partial charge in [0.15, 0.2) is 11.2 Å². The van der Waals surface area contributed by atoms with E-state index in [-0.39, 0.29) is 56.5 Å². The first-order valence-electron chi connectivity index (χ1n) is 26.1. The normalized spacial score (nSPS) is 10.6. The molecule has 0 aliphatic carbocycles. The smallest absolute Gasteiger partial charge is 0.255 e. The maximum absolute atomic E-state index is 13.8. The molecule has 0 aliphatic rings. The number of carbonyl (C=O) groups excluding carboxylic acids is 6. The van der Waals surface area contributed by atoms with Crippen molar-refractivity contribution in [1.29, 1.82) is 0 Å². The van der Waals surface area contributed by atoms with E-state index in [0.29, 0.717) is 78.3 Å². The van der Waals surface area contributed by atoms with Crippen LogP contribution in [0.15, 0.2) is 203 Å². The van der Waals surface area contributed by atoms with Gasteiger partial charge in [-0.15, -0.1) is 25.7 Å². The Kier molecular flexibility index (Phi) is 15.3. The molecular weight excluding hydrogens is 1080 g/mol. The van der Waals surface area contributed by atoms with E-state index in [0.717, 1.165) is 0 Å². The number of rotatable bonds is 14. The van der Waals surface area contributed by atoms with Crippen molar-refractivity contribution in [2.24, 2.45) is 0 Å². The van der Waals surface area contributed by atoms with Gasteiger partial charge in [-0.05, 0) is 158 Å². The van der Waals surface area contributed by atoms with Crippen molar-refractivity contribution in [3.8, 4) is 72.3 Å². The Morgan fingerprint density at radius 1 is 0.302 bits per heavy atom. The van der Waals surface area contributed by atoms with Gasteiger partial charge in [0, 0.05) is 113 Å². The minimum Gasteiger partial charge on any atom is -0.436 e. The first-order chi connectivity index (χ1) is 41.8. The minimum atomic E-state index is -0.554. The summed E-state index contributed by atoms with van der Waals surface area (Å²) in [5.74, 6) is 7.37. The van der Waals surface area contributed by atoms with Gasteiger partial charge in [0.25, 0.3) is 35.4 Å². The molecule has 0 saturated carbocycles. The predicted molar refractivity (Wildman–Crippen MR) is 331 cm³/mol. The highest BCUT2D eigenvalue weighted by Crippen LogP contribution is 2.32. The number of terminal acetylenes is 4. The van der Waals surface area contributed by atoms with Crippen LogP contribution in [0.5, 0.6) is 0 Å².